The van der Waals surface area contributed by atoms with Gasteiger partial charge >= 0.3 is 0 Å². The quantitative estimate of drug-likeness (QED) is 0.820. The van der Waals surface area contributed by atoms with E-state index in [9.17, 15) is 9.59 Å². The first kappa shape index (κ1) is 18.2. The molecular formula is C18H28N2O2. The molecule has 2 N–H and O–H groups in total. The lowest BCUT2D eigenvalue weighted by molar-refractivity contribution is -0.138. The Morgan fingerprint density at radius 3 is 2.00 bits per heavy atom. The predicted molar refractivity (Wildman–Crippen MR) is 90.9 cm³/mol. The lowest BCUT2D eigenvalue weighted by Gasteiger charge is -2.24. The number of benzene rings is 1. The summed E-state index contributed by atoms with van der Waals surface area (Å²) in [6.07, 6.45) is 0. The van der Waals surface area contributed by atoms with Crippen molar-refractivity contribution in [3.63, 3.8) is 0 Å². The van der Waals surface area contributed by atoms with Crippen molar-refractivity contribution >= 4 is 17.5 Å². The first-order valence-corrected chi connectivity index (χ1v) is 7.73. The zero-order chi connectivity index (χ0) is 17.1. The van der Waals surface area contributed by atoms with E-state index in [0.717, 1.165) is 22.4 Å². The van der Waals surface area contributed by atoms with E-state index >= 15 is 0 Å². The highest BCUT2D eigenvalue weighted by Gasteiger charge is 2.36. The Morgan fingerprint density at radius 1 is 1.05 bits per heavy atom. The monoisotopic (exact) mass is 304 g/mol. The predicted octanol–water partition coefficient (Wildman–Crippen LogP) is 3.35. The van der Waals surface area contributed by atoms with Crippen molar-refractivity contribution in [3.05, 3.63) is 28.8 Å². The van der Waals surface area contributed by atoms with Crippen molar-refractivity contribution in [1.29, 1.82) is 0 Å². The first-order chi connectivity index (χ1) is 10.1. The van der Waals surface area contributed by atoms with Crippen LogP contribution < -0.4 is 10.6 Å². The number of carbonyl (C=O) groups excluding carboxylic acids is 2. The number of amides is 2. The van der Waals surface area contributed by atoms with Crippen molar-refractivity contribution in [3.8, 4) is 0 Å². The van der Waals surface area contributed by atoms with Crippen LogP contribution in [0.2, 0.25) is 0 Å². The molecule has 22 heavy (non-hydrogen) atoms. The van der Waals surface area contributed by atoms with Crippen LogP contribution in [-0.4, -0.2) is 18.4 Å². The molecule has 0 aromatic heterocycles. The van der Waals surface area contributed by atoms with Crippen LogP contribution in [0.1, 0.15) is 44.4 Å². The molecule has 0 atom stereocenters. The van der Waals surface area contributed by atoms with Gasteiger partial charge in [-0.15, -0.1) is 0 Å². The first-order valence-electron chi connectivity index (χ1n) is 7.73. The molecule has 0 spiro atoms. The summed E-state index contributed by atoms with van der Waals surface area (Å²) in [5.41, 5.74) is 2.84. The van der Waals surface area contributed by atoms with Crippen molar-refractivity contribution in [2.75, 3.05) is 11.9 Å². The Labute approximate surface area is 133 Å². The van der Waals surface area contributed by atoms with Crippen molar-refractivity contribution in [2.24, 2.45) is 11.3 Å². The second kappa shape index (κ2) is 6.95. The molecule has 0 unspecified atom stereocenters. The highest BCUT2D eigenvalue weighted by Crippen LogP contribution is 2.25. The molecular weight excluding hydrogens is 276 g/mol. The molecule has 0 saturated heterocycles. The van der Waals surface area contributed by atoms with Gasteiger partial charge in [0.05, 0.1) is 0 Å². The van der Waals surface area contributed by atoms with E-state index in [-0.39, 0.29) is 11.8 Å². The number of carbonyl (C=O) groups is 2. The van der Waals surface area contributed by atoms with Crippen LogP contribution in [0.5, 0.6) is 0 Å². The number of nitrogens with one attached hydrogen (secondary N) is 2. The number of rotatable bonds is 5. The second-order valence-corrected chi connectivity index (χ2v) is 6.96. The standard InChI is InChI=1S/C18H28N2O2/c1-11(2)10-19-16(21)18(6,7)17(22)20-15-13(4)8-12(3)9-14(15)5/h8-9,11H,10H2,1-7H3,(H,19,21)(H,20,22). The fourth-order valence-electron chi connectivity index (χ4n) is 2.27. The van der Waals surface area contributed by atoms with Crippen molar-refractivity contribution in [2.45, 2.75) is 48.5 Å². The largest absolute Gasteiger partial charge is 0.355 e. The Morgan fingerprint density at radius 2 is 1.55 bits per heavy atom. The fraction of sp³-hybridized carbons (Fsp3) is 0.556. The molecule has 1 aromatic carbocycles. The lowest BCUT2D eigenvalue weighted by atomic mass is 9.90. The van der Waals surface area contributed by atoms with Crippen LogP contribution in [0.4, 0.5) is 5.69 Å². The maximum atomic E-state index is 12.5. The van der Waals surface area contributed by atoms with Gasteiger partial charge in [0, 0.05) is 12.2 Å². The number of hydrogen-bond donors (Lipinski definition) is 2. The third-order valence-electron chi connectivity index (χ3n) is 3.72. The van der Waals surface area contributed by atoms with E-state index < -0.39 is 5.41 Å². The van der Waals surface area contributed by atoms with Crippen LogP contribution in [0.15, 0.2) is 12.1 Å². The van der Waals surface area contributed by atoms with Gasteiger partial charge in [-0.2, -0.15) is 0 Å². The molecule has 0 aliphatic carbocycles. The van der Waals surface area contributed by atoms with E-state index in [0.29, 0.717) is 12.5 Å². The molecule has 1 aromatic rings. The summed E-state index contributed by atoms with van der Waals surface area (Å²) >= 11 is 0. The molecule has 1 rings (SSSR count). The number of hydrogen-bond acceptors (Lipinski definition) is 2. The van der Waals surface area contributed by atoms with Crippen LogP contribution in [-0.2, 0) is 9.59 Å². The van der Waals surface area contributed by atoms with E-state index in [1.165, 1.54) is 0 Å². The van der Waals surface area contributed by atoms with Crippen molar-refractivity contribution < 1.29 is 9.59 Å². The molecule has 0 saturated carbocycles. The highest BCUT2D eigenvalue weighted by atomic mass is 16.2. The van der Waals surface area contributed by atoms with Crippen LogP contribution in [0.3, 0.4) is 0 Å². The topological polar surface area (TPSA) is 58.2 Å². The number of aryl methyl sites for hydroxylation is 3. The van der Waals surface area contributed by atoms with Gasteiger partial charge in [0.25, 0.3) is 0 Å². The second-order valence-electron chi connectivity index (χ2n) is 6.96. The fourth-order valence-corrected chi connectivity index (χ4v) is 2.27. The molecule has 2 amide bonds. The Hall–Kier alpha value is -1.84. The summed E-state index contributed by atoms with van der Waals surface area (Å²) in [4.78, 5) is 24.8. The zero-order valence-corrected chi connectivity index (χ0v) is 14.8. The highest BCUT2D eigenvalue weighted by molar-refractivity contribution is 6.10. The normalized spacial score (nSPS) is 11.5. The Balaban J connectivity index is 2.90. The maximum Gasteiger partial charge on any atom is 0.239 e. The summed E-state index contributed by atoms with van der Waals surface area (Å²) < 4.78 is 0. The summed E-state index contributed by atoms with van der Waals surface area (Å²) in [7, 11) is 0. The van der Waals surface area contributed by atoms with Gasteiger partial charge in [-0.1, -0.05) is 31.5 Å². The van der Waals surface area contributed by atoms with Gasteiger partial charge in [-0.3, -0.25) is 9.59 Å². The average Bonchev–Trinajstić information content (AvgIpc) is 2.39. The molecule has 4 heteroatoms. The van der Waals surface area contributed by atoms with Crippen LogP contribution in [0, 0.1) is 32.1 Å². The van der Waals surface area contributed by atoms with E-state index in [1.54, 1.807) is 13.8 Å². The van der Waals surface area contributed by atoms with E-state index in [2.05, 4.69) is 10.6 Å². The summed E-state index contributed by atoms with van der Waals surface area (Å²) in [6.45, 7) is 13.8. The van der Waals surface area contributed by atoms with Gasteiger partial charge in [0.15, 0.2) is 0 Å². The van der Waals surface area contributed by atoms with Gasteiger partial charge < -0.3 is 10.6 Å². The van der Waals surface area contributed by atoms with Gasteiger partial charge in [-0.05, 0) is 51.7 Å². The summed E-state index contributed by atoms with van der Waals surface area (Å²) in [5.74, 6) is -0.186. The molecule has 0 aliphatic rings. The van der Waals surface area contributed by atoms with Gasteiger partial charge in [-0.25, -0.2) is 0 Å². The summed E-state index contributed by atoms with van der Waals surface area (Å²) in [6, 6.07) is 4.04. The minimum absolute atomic E-state index is 0.249. The minimum Gasteiger partial charge on any atom is -0.355 e. The van der Waals surface area contributed by atoms with Crippen molar-refractivity contribution in [1.82, 2.24) is 5.32 Å². The summed E-state index contributed by atoms with van der Waals surface area (Å²) in [5, 5.41) is 5.74. The molecule has 0 bridgehead atoms. The average molecular weight is 304 g/mol. The molecule has 0 heterocycles. The SMILES string of the molecule is Cc1cc(C)c(NC(=O)C(C)(C)C(=O)NCC(C)C)c(C)c1. The molecule has 4 nitrogen and oxygen atoms in total. The van der Waals surface area contributed by atoms with Crippen LogP contribution in [0.25, 0.3) is 0 Å². The minimum atomic E-state index is -1.11. The van der Waals surface area contributed by atoms with E-state index in [1.807, 2.05) is 46.8 Å². The molecule has 0 aliphatic heterocycles. The molecule has 0 fully saturated rings. The van der Waals surface area contributed by atoms with Gasteiger partial charge in [0.1, 0.15) is 5.41 Å². The van der Waals surface area contributed by atoms with Crippen LogP contribution >= 0.6 is 0 Å². The molecule has 0 radical (unpaired) electrons. The third kappa shape index (κ3) is 4.33. The third-order valence-corrected chi connectivity index (χ3v) is 3.72. The van der Waals surface area contributed by atoms with E-state index in [4.69, 9.17) is 0 Å². The lowest BCUT2D eigenvalue weighted by Crippen LogP contribution is -2.46. The zero-order valence-electron chi connectivity index (χ0n) is 14.8. The molecule has 122 valence electrons. The maximum absolute atomic E-state index is 12.5. The Bertz CT molecular complexity index is 551. The van der Waals surface area contributed by atoms with Gasteiger partial charge in [0.2, 0.25) is 11.8 Å². The number of anilines is 1. The smallest absolute Gasteiger partial charge is 0.239 e. The Kier molecular flexibility index (Phi) is 5.75.